The summed E-state index contributed by atoms with van der Waals surface area (Å²) in [5, 5.41) is 3.60. The SMILES string of the molecule is CC1CNC(c2ccccc2)CN1CC1CCS(=O)(=O)C1. The van der Waals surface area contributed by atoms with Crippen molar-refractivity contribution in [3.05, 3.63) is 35.9 Å². The van der Waals surface area contributed by atoms with Gasteiger partial charge in [-0.3, -0.25) is 4.90 Å². The molecule has 0 bridgehead atoms. The number of sulfone groups is 1. The Balaban J connectivity index is 1.64. The third-order valence-corrected chi connectivity index (χ3v) is 6.56. The first kappa shape index (κ1) is 15.0. The smallest absolute Gasteiger partial charge is 0.150 e. The minimum absolute atomic E-state index is 0.312. The van der Waals surface area contributed by atoms with Gasteiger partial charge in [0.15, 0.2) is 9.84 Å². The van der Waals surface area contributed by atoms with E-state index in [-0.39, 0.29) is 0 Å². The predicted molar refractivity (Wildman–Crippen MR) is 85.0 cm³/mol. The second-order valence-corrected chi connectivity index (χ2v) is 8.67. The van der Waals surface area contributed by atoms with Gasteiger partial charge in [0.2, 0.25) is 0 Å². The molecule has 1 aromatic rings. The van der Waals surface area contributed by atoms with Crippen molar-refractivity contribution in [2.75, 3.05) is 31.1 Å². The molecule has 0 radical (unpaired) electrons. The van der Waals surface area contributed by atoms with E-state index in [2.05, 4.69) is 41.4 Å². The van der Waals surface area contributed by atoms with Gasteiger partial charge in [-0.2, -0.15) is 0 Å². The van der Waals surface area contributed by atoms with Gasteiger partial charge in [-0.15, -0.1) is 0 Å². The maximum Gasteiger partial charge on any atom is 0.150 e. The molecule has 0 aromatic heterocycles. The monoisotopic (exact) mass is 308 g/mol. The minimum atomic E-state index is -2.77. The zero-order valence-electron chi connectivity index (χ0n) is 12.5. The van der Waals surface area contributed by atoms with Crippen molar-refractivity contribution < 1.29 is 8.42 Å². The van der Waals surface area contributed by atoms with Gasteiger partial charge in [-0.1, -0.05) is 30.3 Å². The highest BCUT2D eigenvalue weighted by molar-refractivity contribution is 7.91. The first-order valence-corrected chi connectivity index (χ1v) is 9.58. The van der Waals surface area contributed by atoms with Gasteiger partial charge in [-0.25, -0.2) is 8.42 Å². The molecule has 116 valence electrons. The molecule has 21 heavy (non-hydrogen) atoms. The van der Waals surface area contributed by atoms with Crippen LogP contribution in [-0.2, 0) is 9.84 Å². The number of piperazine rings is 1. The van der Waals surface area contributed by atoms with Crippen LogP contribution in [0.5, 0.6) is 0 Å². The molecule has 2 aliphatic rings. The van der Waals surface area contributed by atoms with Crippen LogP contribution in [-0.4, -0.2) is 50.5 Å². The number of rotatable bonds is 3. The molecule has 0 amide bonds. The molecule has 2 heterocycles. The normalized spacial score (nSPS) is 33.1. The first-order valence-electron chi connectivity index (χ1n) is 7.76. The van der Waals surface area contributed by atoms with Crippen molar-refractivity contribution in [1.29, 1.82) is 0 Å². The predicted octanol–water partition coefficient (Wildman–Crippen LogP) is 1.46. The van der Waals surface area contributed by atoms with Gasteiger partial charge in [0.05, 0.1) is 11.5 Å². The highest BCUT2D eigenvalue weighted by atomic mass is 32.2. The lowest BCUT2D eigenvalue weighted by Gasteiger charge is -2.40. The highest BCUT2D eigenvalue weighted by Crippen LogP contribution is 2.24. The lowest BCUT2D eigenvalue weighted by molar-refractivity contribution is 0.124. The van der Waals surface area contributed by atoms with E-state index < -0.39 is 9.84 Å². The van der Waals surface area contributed by atoms with E-state index >= 15 is 0 Å². The van der Waals surface area contributed by atoms with Crippen LogP contribution in [0.2, 0.25) is 0 Å². The van der Waals surface area contributed by atoms with Crippen LogP contribution in [0.15, 0.2) is 30.3 Å². The van der Waals surface area contributed by atoms with Crippen LogP contribution in [0.3, 0.4) is 0 Å². The molecule has 1 aromatic carbocycles. The van der Waals surface area contributed by atoms with Gasteiger partial charge >= 0.3 is 0 Å². The molecule has 0 spiro atoms. The van der Waals surface area contributed by atoms with Gasteiger partial charge < -0.3 is 5.32 Å². The van der Waals surface area contributed by atoms with Crippen molar-refractivity contribution in [2.24, 2.45) is 5.92 Å². The van der Waals surface area contributed by atoms with Crippen LogP contribution >= 0.6 is 0 Å². The fourth-order valence-corrected chi connectivity index (χ4v) is 5.28. The third-order valence-electron chi connectivity index (χ3n) is 4.72. The molecule has 3 unspecified atom stereocenters. The third kappa shape index (κ3) is 3.65. The summed E-state index contributed by atoms with van der Waals surface area (Å²) < 4.78 is 23.2. The summed E-state index contributed by atoms with van der Waals surface area (Å²) >= 11 is 0. The molecule has 2 saturated heterocycles. The van der Waals surface area contributed by atoms with Crippen molar-refractivity contribution in [1.82, 2.24) is 10.2 Å². The number of hydrogen-bond acceptors (Lipinski definition) is 4. The molecular formula is C16H24N2O2S. The molecule has 1 N–H and O–H groups in total. The van der Waals surface area contributed by atoms with E-state index in [4.69, 9.17) is 0 Å². The molecule has 2 fully saturated rings. The Kier molecular flexibility index (Phi) is 4.33. The summed E-state index contributed by atoms with van der Waals surface area (Å²) in [6.07, 6.45) is 0.828. The molecule has 3 atom stereocenters. The average molecular weight is 308 g/mol. The zero-order chi connectivity index (χ0) is 14.9. The Morgan fingerprint density at radius 2 is 2.05 bits per heavy atom. The van der Waals surface area contributed by atoms with Crippen LogP contribution < -0.4 is 5.32 Å². The maximum atomic E-state index is 11.6. The molecule has 5 heteroatoms. The van der Waals surface area contributed by atoms with Crippen LogP contribution in [0.4, 0.5) is 0 Å². The van der Waals surface area contributed by atoms with E-state index in [0.717, 1.165) is 26.1 Å². The number of hydrogen-bond donors (Lipinski definition) is 1. The second-order valence-electron chi connectivity index (χ2n) is 6.44. The van der Waals surface area contributed by atoms with E-state index in [1.165, 1.54) is 5.56 Å². The lowest BCUT2D eigenvalue weighted by atomic mass is 10.00. The lowest BCUT2D eigenvalue weighted by Crippen LogP contribution is -2.52. The van der Waals surface area contributed by atoms with Crippen LogP contribution in [0, 0.1) is 5.92 Å². The summed E-state index contributed by atoms with van der Waals surface area (Å²) in [4.78, 5) is 2.46. The topological polar surface area (TPSA) is 49.4 Å². The van der Waals surface area contributed by atoms with E-state index in [1.807, 2.05) is 6.07 Å². The number of nitrogens with one attached hydrogen (secondary N) is 1. The van der Waals surface area contributed by atoms with Crippen molar-refractivity contribution in [3.8, 4) is 0 Å². The summed E-state index contributed by atoms with van der Waals surface area (Å²) in [6, 6.07) is 11.3. The first-order chi connectivity index (χ1) is 10.0. The Morgan fingerprint density at radius 1 is 1.29 bits per heavy atom. The standard InChI is InChI=1S/C16H24N2O2S/c1-13-9-17-16(15-5-3-2-4-6-15)11-18(13)10-14-7-8-21(19,20)12-14/h2-6,13-14,16-17H,7-12H2,1H3. The summed E-state index contributed by atoms with van der Waals surface area (Å²) in [7, 11) is -2.77. The summed E-state index contributed by atoms with van der Waals surface area (Å²) in [5.74, 6) is 1.06. The van der Waals surface area contributed by atoms with E-state index in [1.54, 1.807) is 0 Å². The molecule has 0 aliphatic carbocycles. The van der Waals surface area contributed by atoms with E-state index in [0.29, 0.717) is 29.5 Å². The number of benzene rings is 1. The minimum Gasteiger partial charge on any atom is -0.307 e. The number of nitrogens with zero attached hydrogens (tertiary/aromatic N) is 1. The average Bonchev–Trinajstić information content (AvgIpc) is 2.81. The molecule has 0 saturated carbocycles. The molecular weight excluding hydrogens is 284 g/mol. The van der Waals surface area contributed by atoms with Crippen LogP contribution in [0.25, 0.3) is 0 Å². The molecule has 3 rings (SSSR count). The van der Waals surface area contributed by atoms with Gasteiger partial charge in [0.1, 0.15) is 0 Å². The Bertz CT molecular complexity index is 573. The second kappa shape index (κ2) is 6.07. The maximum absolute atomic E-state index is 11.6. The largest absolute Gasteiger partial charge is 0.307 e. The van der Waals surface area contributed by atoms with E-state index in [9.17, 15) is 8.42 Å². The summed E-state index contributed by atoms with van der Waals surface area (Å²) in [6.45, 7) is 5.05. The van der Waals surface area contributed by atoms with Crippen molar-refractivity contribution in [3.63, 3.8) is 0 Å². The van der Waals surface area contributed by atoms with Gasteiger partial charge in [-0.05, 0) is 24.8 Å². The Morgan fingerprint density at radius 3 is 2.71 bits per heavy atom. The van der Waals surface area contributed by atoms with Crippen LogP contribution in [0.1, 0.15) is 24.9 Å². The van der Waals surface area contributed by atoms with Gasteiger partial charge in [0.25, 0.3) is 0 Å². The fraction of sp³-hybridized carbons (Fsp3) is 0.625. The van der Waals surface area contributed by atoms with Crippen molar-refractivity contribution >= 4 is 9.84 Å². The molecule has 4 nitrogen and oxygen atoms in total. The Hall–Kier alpha value is -0.910. The molecule has 2 aliphatic heterocycles. The fourth-order valence-electron chi connectivity index (χ4n) is 3.43. The summed E-state index contributed by atoms with van der Waals surface area (Å²) in [5.41, 5.74) is 1.31. The van der Waals surface area contributed by atoms with Crippen molar-refractivity contribution in [2.45, 2.75) is 25.4 Å². The van der Waals surface area contributed by atoms with Gasteiger partial charge in [0, 0.05) is 31.7 Å². The zero-order valence-corrected chi connectivity index (χ0v) is 13.3. The Labute approximate surface area is 127 Å². The highest BCUT2D eigenvalue weighted by Gasteiger charge is 2.32. The quantitative estimate of drug-likeness (QED) is 0.918.